The molecule has 2 aromatic rings. The molecule has 6 heteroatoms. The van der Waals surface area contributed by atoms with E-state index in [4.69, 9.17) is 5.73 Å². The fourth-order valence-corrected chi connectivity index (χ4v) is 2.94. The molecular formula is C12H15N5S. The SMILES string of the molecule is Cn1cncc1C1CN=C(N)N1Cc1cccs1. The number of rotatable bonds is 3. The molecule has 1 unspecified atom stereocenters. The summed E-state index contributed by atoms with van der Waals surface area (Å²) in [5.74, 6) is 0.620. The van der Waals surface area contributed by atoms with Crippen LogP contribution in [0.1, 0.15) is 16.6 Å². The van der Waals surface area contributed by atoms with Crippen molar-refractivity contribution < 1.29 is 0 Å². The first kappa shape index (κ1) is 11.3. The molecule has 18 heavy (non-hydrogen) atoms. The standard InChI is InChI=1S/C12H15N5S/c1-16-8-14-5-10(16)11-6-15-12(13)17(11)7-9-3-2-4-18-9/h2-5,8,11H,6-7H2,1H3,(H2,13,15). The molecular weight excluding hydrogens is 246 g/mol. The molecule has 2 N–H and O–H groups in total. The molecule has 2 aromatic heterocycles. The molecule has 3 heterocycles. The van der Waals surface area contributed by atoms with Gasteiger partial charge in [-0.2, -0.15) is 0 Å². The van der Waals surface area contributed by atoms with Crippen LogP contribution in [0.2, 0.25) is 0 Å². The van der Waals surface area contributed by atoms with Crippen molar-refractivity contribution in [1.29, 1.82) is 0 Å². The highest BCUT2D eigenvalue weighted by molar-refractivity contribution is 7.09. The summed E-state index contributed by atoms with van der Waals surface area (Å²) in [4.78, 5) is 12.0. The van der Waals surface area contributed by atoms with Crippen LogP contribution in [0, 0.1) is 0 Å². The van der Waals surface area contributed by atoms with Crippen LogP contribution in [0.25, 0.3) is 0 Å². The summed E-state index contributed by atoms with van der Waals surface area (Å²) in [6.07, 6.45) is 3.70. The van der Waals surface area contributed by atoms with Crippen LogP contribution in [-0.2, 0) is 13.6 Å². The molecule has 0 bridgehead atoms. The highest BCUT2D eigenvalue weighted by Crippen LogP contribution is 2.27. The normalized spacial score (nSPS) is 19.3. The lowest BCUT2D eigenvalue weighted by Gasteiger charge is -2.25. The van der Waals surface area contributed by atoms with Crippen molar-refractivity contribution in [3.05, 3.63) is 40.6 Å². The van der Waals surface area contributed by atoms with Crippen molar-refractivity contribution in [2.45, 2.75) is 12.6 Å². The van der Waals surface area contributed by atoms with Crippen molar-refractivity contribution in [3.8, 4) is 0 Å². The van der Waals surface area contributed by atoms with E-state index in [0.29, 0.717) is 12.5 Å². The van der Waals surface area contributed by atoms with E-state index >= 15 is 0 Å². The van der Waals surface area contributed by atoms with Crippen LogP contribution in [0.5, 0.6) is 0 Å². The minimum absolute atomic E-state index is 0.194. The number of hydrogen-bond acceptors (Lipinski definition) is 5. The number of nitrogens with zero attached hydrogens (tertiary/aromatic N) is 4. The van der Waals surface area contributed by atoms with Crippen LogP contribution in [0.3, 0.4) is 0 Å². The summed E-state index contributed by atoms with van der Waals surface area (Å²) >= 11 is 1.74. The lowest BCUT2D eigenvalue weighted by molar-refractivity contribution is 0.331. The number of thiophene rings is 1. The highest BCUT2D eigenvalue weighted by Gasteiger charge is 2.29. The van der Waals surface area contributed by atoms with Crippen LogP contribution in [-0.4, -0.2) is 27.0 Å². The van der Waals surface area contributed by atoms with Gasteiger partial charge in [0.2, 0.25) is 0 Å². The van der Waals surface area contributed by atoms with Crippen molar-refractivity contribution in [2.75, 3.05) is 6.54 Å². The Morgan fingerprint density at radius 1 is 1.56 bits per heavy atom. The quantitative estimate of drug-likeness (QED) is 0.907. The second kappa shape index (κ2) is 4.45. The third kappa shape index (κ3) is 1.88. The van der Waals surface area contributed by atoms with Crippen molar-refractivity contribution in [1.82, 2.24) is 14.5 Å². The van der Waals surface area contributed by atoms with Crippen LogP contribution in [0.4, 0.5) is 0 Å². The number of imidazole rings is 1. The zero-order valence-corrected chi connectivity index (χ0v) is 11.0. The zero-order valence-electron chi connectivity index (χ0n) is 10.2. The molecule has 0 radical (unpaired) electrons. The Morgan fingerprint density at radius 3 is 3.11 bits per heavy atom. The van der Waals surface area contributed by atoms with Gasteiger partial charge in [0.1, 0.15) is 0 Å². The maximum atomic E-state index is 5.99. The fraction of sp³-hybridized carbons (Fsp3) is 0.333. The van der Waals surface area contributed by atoms with Crippen LogP contribution in [0.15, 0.2) is 35.0 Å². The lowest BCUT2D eigenvalue weighted by atomic mass is 10.2. The number of aliphatic imine (C=N–C) groups is 1. The second-order valence-corrected chi connectivity index (χ2v) is 5.38. The van der Waals surface area contributed by atoms with Gasteiger partial charge in [0.15, 0.2) is 5.96 Å². The monoisotopic (exact) mass is 261 g/mol. The number of aryl methyl sites for hydroxylation is 1. The van der Waals surface area contributed by atoms with Gasteiger partial charge in [-0.15, -0.1) is 11.3 Å². The maximum Gasteiger partial charge on any atom is 0.192 e. The van der Waals surface area contributed by atoms with Crippen molar-refractivity contribution in [3.63, 3.8) is 0 Å². The lowest BCUT2D eigenvalue weighted by Crippen LogP contribution is -2.35. The van der Waals surface area contributed by atoms with E-state index in [1.54, 1.807) is 11.3 Å². The van der Waals surface area contributed by atoms with E-state index < -0.39 is 0 Å². The molecule has 0 amide bonds. The Hall–Kier alpha value is -1.82. The minimum Gasteiger partial charge on any atom is -0.370 e. The van der Waals surface area contributed by atoms with Crippen LogP contribution >= 0.6 is 11.3 Å². The molecule has 1 atom stereocenters. The van der Waals surface area contributed by atoms with Crippen molar-refractivity contribution >= 4 is 17.3 Å². The average molecular weight is 261 g/mol. The van der Waals surface area contributed by atoms with Gasteiger partial charge in [-0.1, -0.05) is 6.07 Å². The topological polar surface area (TPSA) is 59.4 Å². The Balaban J connectivity index is 1.85. The Labute approximate surface area is 110 Å². The average Bonchev–Trinajstić information content (AvgIpc) is 3.05. The van der Waals surface area contributed by atoms with Gasteiger partial charge in [0.25, 0.3) is 0 Å². The van der Waals surface area contributed by atoms with Gasteiger partial charge in [-0.3, -0.25) is 4.99 Å². The third-order valence-corrected chi connectivity index (χ3v) is 4.06. The van der Waals surface area contributed by atoms with E-state index in [2.05, 4.69) is 32.4 Å². The van der Waals surface area contributed by atoms with Gasteiger partial charge >= 0.3 is 0 Å². The number of aromatic nitrogens is 2. The Bertz CT molecular complexity index is 557. The molecule has 0 saturated carbocycles. The predicted octanol–water partition coefficient (Wildman–Crippen LogP) is 1.35. The predicted molar refractivity (Wildman–Crippen MR) is 72.3 cm³/mol. The summed E-state index contributed by atoms with van der Waals surface area (Å²) in [6.45, 7) is 1.51. The first-order valence-corrected chi connectivity index (χ1v) is 6.69. The molecule has 94 valence electrons. The molecule has 1 aliphatic rings. The Kier molecular flexibility index (Phi) is 2.79. The number of guanidine groups is 1. The summed E-state index contributed by atoms with van der Waals surface area (Å²) in [5, 5.41) is 2.08. The molecule has 0 aromatic carbocycles. The minimum atomic E-state index is 0.194. The Morgan fingerprint density at radius 2 is 2.44 bits per heavy atom. The molecule has 0 spiro atoms. The summed E-state index contributed by atoms with van der Waals surface area (Å²) in [7, 11) is 2.00. The second-order valence-electron chi connectivity index (χ2n) is 4.35. The van der Waals surface area contributed by atoms with E-state index in [0.717, 1.165) is 12.2 Å². The molecule has 0 fully saturated rings. The third-order valence-electron chi connectivity index (χ3n) is 3.20. The molecule has 3 rings (SSSR count). The van der Waals surface area contributed by atoms with Gasteiger partial charge in [-0.05, 0) is 11.4 Å². The molecule has 1 aliphatic heterocycles. The van der Waals surface area contributed by atoms with Gasteiger partial charge < -0.3 is 15.2 Å². The largest absolute Gasteiger partial charge is 0.370 e. The first-order chi connectivity index (χ1) is 8.75. The van der Waals surface area contributed by atoms with Gasteiger partial charge in [0.05, 0.1) is 37.3 Å². The summed E-state index contributed by atoms with van der Waals surface area (Å²) < 4.78 is 2.03. The van der Waals surface area contributed by atoms with Gasteiger partial charge in [0, 0.05) is 11.9 Å². The fourth-order valence-electron chi connectivity index (χ4n) is 2.23. The zero-order chi connectivity index (χ0) is 12.5. The van der Waals surface area contributed by atoms with Gasteiger partial charge in [-0.25, -0.2) is 4.98 Å². The number of hydrogen-bond donors (Lipinski definition) is 1. The molecule has 0 aliphatic carbocycles. The first-order valence-electron chi connectivity index (χ1n) is 5.81. The van der Waals surface area contributed by atoms with E-state index in [9.17, 15) is 0 Å². The number of nitrogens with two attached hydrogens (primary N) is 1. The maximum absolute atomic E-state index is 5.99. The van der Waals surface area contributed by atoms with Crippen molar-refractivity contribution in [2.24, 2.45) is 17.8 Å². The van der Waals surface area contributed by atoms with E-state index in [-0.39, 0.29) is 6.04 Å². The summed E-state index contributed by atoms with van der Waals surface area (Å²) in [5.41, 5.74) is 7.14. The molecule has 0 saturated heterocycles. The highest BCUT2D eigenvalue weighted by atomic mass is 32.1. The van der Waals surface area contributed by atoms with E-state index in [1.807, 2.05) is 24.1 Å². The summed E-state index contributed by atoms with van der Waals surface area (Å²) in [6, 6.07) is 4.37. The van der Waals surface area contributed by atoms with E-state index in [1.165, 1.54) is 4.88 Å². The smallest absolute Gasteiger partial charge is 0.192 e. The van der Waals surface area contributed by atoms with Crippen LogP contribution < -0.4 is 5.73 Å². The molecule has 5 nitrogen and oxygen atoms in total.